The normalized spacial score (nSPS) is 15.7. The Labute approximate surface area is 212 Å². The minimum atomic E-state index is -5.08. The van der Waals surface area contributed by atoms with Crippen LogP contribution in [-0.4, -0.2) is 60.6 Å². The average Bonchev–Trinajstić information content (AvgIpc) is 3.40. The molecule has 1 aliphatic heterocycles. The van der Waals surface area contributed by atoms with Gasteiger partial charge in [-0.05, 0) is 42.3 Å². The number of benzene rings is 2. The summed E-state index contributed by atoms with van der Waals surface area (Å²) in [6, 6.07) is 11.2. The number of rotatable bonds is 5. The minimum absolute atomic E-state index is 0.0939. The number of nitrogen functional groups attached to an aromatic ring is 1. The molecule has 5 rings (SSSR count). The number of hydrogen-bond acceptors (Lipinski definition) is 7. The molecule has 4 aromatic rings. The van der Waals surface area contributed by atoms with Gasteiger partial charge in [0.2, 0.25) is 5.91 Å². The lowest BCUT2D eigenvalue weighted by Crippen LogP contribution is -2.37. The number of nitrogens with two attached hydrogens (primary N) is 1. The van der Waals surface area contributed by atoms with Crippen molar-refractivity contribution in [1.29, 1.82) is 0 Å². The van der Waals surface area contributed by atoms with Crippen molar-refractivity contribution >= 4 is 51.2 Å². The Kier molecular flexibility index (Phi) is 7.45. The summed E-state index contributed by atoms with van der Waals surface area (Å²) in [5, 5.41) is 11.9. The van der Waals surface area contributed by atoms with Crippen molar-refractivity contribution in [3.8, 4) is 0 Å². The van der Waals surface area contributed by atoms with E-state index in [0.29, 0.717) is 30.5 Å². The maximum Gasteiger partial charge on any atom is 0.490 e. The Bertz CT molecular complexity index is 1460. The van der Waals surface area contributed by atoms with E-state index in [1.807, 2.05) is 41.3 Å². The number of nitrogens with one attached hydrogen (secondary N) is 2. The van der Waals surface area contributed by atoms with Crippen LogP contribution in [0.1, 0.15) is 17.8 Å². The van der Waals surface area contributed by atoms with E-state index in [1.54, 1.807) is 0 Å². The fourth-order valence-electron chi connectivity index (χ4n) is 3.86. The van der Waals surface area contributed by atoms with Crippen molar-refractivity contribution in [3.05, 3.63) is 59.1 Å². The van der Waals surface area contributed by atoms with Crippen molar-refractivity contribution in [2.45, 2.75) is 31.7 Å². The second-order valence-electron chi connectivity index (χ2n) is 8.24. The number of halogens is 4. The zero-order valence-electron chi connectivity index (χ0n) is 19.1. The molecule has 1 saturated heterocycles. The number of nitrogens with zero attached hydrogens (tertiary/aromatic N) is 4. The summed E-state index contributed by atoms with van der Waals surface area (Å²) < 4.78 is 31.7. The van der Waals surface area contributed by atoms with Crippen LogP contribution in [0.15, 0.2) is 42.7 Å². The number of alkyl halides is 3. The largest absolute Gasteiger partial charge is 0.490 e. The Morgan fingerprint density at radius 3 is 2.70 bits per heavy atom. The molecule has 14 heteroatoms. The molecule has 1 atom stereocenters. The number of hydrogen-bond donors (Lipinski definition) is 4. The molecular formula is C23H21ClF3N7O3. The first kappa shape index (κ1) is 26.1. The number of aliphatic carboxylic acids is 1. The van der Waals surface area contributed by atoms with Gasteiger partial charge in [0.1, 0.15) is 18.0 Å². The maximum atomic E-state index is 12.8. The third-order valence-electron chi connectivity index (χ3n) is 5.66. The van der Waals surface area contributed by atoms with E-state index in [-0.39, 0.29) is 11.9 Å². The standard InChI is InChI=1S/C21H20ClN7O.C2HF3O2/c22-13-2-4-15-18(8-13)28-19(27-15)9-24-16-5-6-29(21(16)30)10-12-1-3-14-17(7-12)25-11-26-20(14)23;3-2(4,5)1(6)7/h1-4,7-8,11,16,24H,5-6,9-10H2,(H,27,28)(H2,23,25,26);(H,6,7)/t16-;/m0./s1. The van der Waals surface area contributed by atoms with Crippen LogP contribution >= 0.6 is 11.6 Å². The van der Waals surface area contributed by atoms with Gasteiger partial charge in [-0.2, -0.15) is 13.2 Å². The highest BCUT2D eigenvalue weighted by molar-refractivity contribution is 6.31. The van der Waals surface area contributed by atoms with Crippen molar-refractivity contribution in [1.82, 2.24) is 30.2 Å². The summed E-state index contributed by atoms with van der Waals surface area (Å²) in [5.41, 5.74) is 9.43. The predicted octanol–water partition coefficient (Wildman–Crippen LogP) is 3.27. The lowest BCUT2D eigenvalue weighted by Gasteiger charge is -2.17. The fraction of sp³-hybridized carbons (Fsp3) is 0.261. The van der Waals surface area contributed by atoms with Gasteiger partial charge in [-0.25, -0.2) is 19.7 Å². The zero-order chi connectivity index (χ0) is 26.7. The van der Waals surface area contributed by atoms with Crippen LogP contribution in [0.2, 0.25) is 5.02 Å². The molecule has 37 heavy (non-hydrogen) atoms. The number of anilines is 1. The van der Waals surface area contributed by atoms with Gasteiger partial charge >= 0.3 is 12.1 Å². The van der Waals surface area contributed by atoms with Crippen molar-refractivity contribution in [2.75, 3.05) is 12.3 Å². The zero-order valence-corrected chi connectivity index (χ0v) is 19.8. The first-order valence-corrected chi connectivity index (χ1v) is 11.3. The molecule has 0 unspecified atom stereocenters. The van der Waals surface area contributed by atoms with E-state index in [0.717, 1.165) is 39.7 Å². The quantitative estimate of drug-likeness (QED) is 0.304. The number of aromatic amines is 1. The van der Waals surface area contributed by atoms with Gasteiger partial charge < -0.3 is 20.7 Å². The van der Waals surface area contributed by atoms with Crippen molar-refractivity contribution in [3.63, 3.8) is 0 Å². The molecule has 0 bridgehead atoms. The monoisotopic (exact) mass is 535 g/mol. The molecule has 0 saturated carbocycles. The molecule has 2 aromatic carbocycles. The van der Waals surface area contributed by atoms with Crippen LogP contribution in [-0.2, 0) is 22.7 Å². The van der Waals surface area contributed by atoms with Gasteiger partial charge in [-0.1, -0.05) is 17.7 Å². The summed E-state index contributed by atoms with van der Waals surface area (Å²) >= 11 is 6.02. The van der Waals surface area contributed by atoms with E-state index >= 15 is 0 Å². The van der Waals surface area contributed by atoms with E-state index < -0.39 is 12.1 Å². The highest BCUT2D eigenvalue weighted by Gasteiger charge is 2.38. The Morgan fingerprint density at radius 1 is 1.22 bits per heavy atom. The molecule has 5 N–H and O–H groups in total. The van der Waals surface area contributed by atoms with Gasteiger partial charge in [0.05, 0.1) is 29.1 Å². The van der Waals surface area contributed by atoms with Crippen LogP contribution in [0.5, 0.6) is 0 Å². The molecule has 0 radical (unpaired) electrons. The SMILES string of the molecule is Nc1ncnc2cc(CN3CC[C@H](NCc4nc5cc(Cl)ccc5[nH]4)C3=O)ccc12.O=C(O)C(F)(F)F. The predicted molar refractivity (Wildman–Crippen MR) is 129 cm³/mol. The topological polar surface area (TPSA) is 150 Å². The van der Waals surface area contributed by atoms with Crippen molar-refractivity contribution in [2.24, 2.45) is 0 Å². The number of H-pyrrole nitrogens is 1. The molecule has 0 aliphatic carbocycles. The number of aromatic nitrogens is 4. The number of fused-ring (bicyclic) bond motifs is 2. The second kappa shape index (κ2) is 10.6. The Hall–Kier alpha value is -3.97. The first-order chi connectivity index (χ1) is 17.5. The number of carboxylic acid groups (broad SMARTS) is 1. The second-order valence-corrected chi connectivity index (χ2v) is 8.68. The first-order valence-electron chi connectivity index (χ1n) is 11.0. The average molecular weight is 536 g/mol. The number of carbonyl (C=O) groups is 2. The lowest BCUT2D eigenvalue weighted by molar-refractivity contribution is -0.192. The summed E-state index contributed by atoms with van der Waals surface area (Å²) in [7, 11) is 0. The lowest BCUT2D eigenvalue weighted by atomic mass is 10.1. The van der Waals surface area contributed by atoms with Crippen molar-refractivity contribution < 1.29 is 27.9 Å². The Morgan fingerprint density at radius 2 is 1.97 bits per heavy atom. The fourth-order valence-corrected chi connectivity index (χ4v) is 4.03. The number of likely N-dealkylation sites (tertiary alicyclic amines) is 1. The van der Waals surface area contributed by atoms with E-state index in [9.17, 15) is 18.0 Å². The van der Waals surface area contributed by atoms with Crippen LogP contribution in [0, 0.1) is 0 Å². The third-order valence-corrected chi connectivity index (χ3v) is 5.89. The van der Waals surface area contributed by atoms with Gasteiger partial charge in [0.15, 0.2) is 0 Å². The number of carboxylic acids is 1. The molecule has 1 aliphatic rings. The van der Waals surface area contributed by atoms with Crippen LogP contribution in [0.4, 0.5) is 19.0 Å². The maximum absolute atomic E-state index is 12.8. The van der Waals surface area contributed by atoms with Gasteiger partial charge in [0.25, 0.3) is 0 Å². The number of carbonyl (C=O) groups excluding carboxylic acids is 1. The highest BCUT2D eigenvalue weighted by Crippen LogP contribution is 2.22. The van der Waals surface area contributed by atoms with Crippen LogP contribution in [0.3, 0.4) is 0 Å². The van der Waals surface area contributed by atoms with Crippen LogP contribution < -0.4 is 11.1 Å². The number of amides is 1. The smallest absolute Gasteiger partial charge is 0.475 e. The molecule has 0 spiro atoms. The Balaban J connectivity index is 0.000000405. The number of imidazole rings is 1. The van der Waals surface area contributed by atoms with E-state index in [2.05, 4.69) is 25.3 Å². The summed E-state index contributed by atoms with van der Waals surface area (Å²) in [4.78, 5) is 39.7. The summed E-state index contributed by atoms with van der Waals surface area (Å²) in [6.07, 6.45) is -2.87. The highest BCUT2D eigenvalue weighted by atomic mass is 35.5. The van der Waals surface area contributed by atoms with Gasteiger partial charge in [-0.3, -0.25) is 10.1 Å². The minimum Gasteiger partial charge on any atom is -0.475 e. The van der Waals surface area contributed by atoms with Gasteiger partial charge in [0, 0.05) is 23.5 Å². The van der Waals surface area contributed by atoms with Gasteiger partial charge in [-0.15, -0.1) is 0 Å². The van der Waals surface area contributed by atoms with E-state index in [4.69, 9.17) is 27.2 Å². The summed E-state index contributed by atoms with van der Waals surface area (Å²) in [5.74, 6) is -1.42. The molecule has 194 valence electrons. The molecular weight excluding hydrogens is 515 g/mol. The molecule has 1 fully saturated rings. The molecule has 3 heterocycles. The van der Waals surface area contributed by atoms with Crippen LogP contribution in [0.25, 0.3) is 21.9 Å². The van der Waals surface area contributed by atoms with E-state index in [1.165, 1.54) is 6.33 Å². The molecule has 2 aromatic heterocycles. The third kappa shape index (κ3) is 6.24. The molecule has 10 nitrogen and oxygen atoms in total. The summed E-state index contributed by atoms with van der Waals surface area (Å²) in [6.45, 7) is 1.74. The molecule has 1 amide bonds.